The van der Waals surface area contributed by atoms with Crippen LogP contribution >= 0.6 is 0 Å². The van der Waals surface area contributed by atoms with Crippen LogP contribution in [0, 0.1) is 11.7 Å². The number of methoxy groups -OCH3 is 2. The summed E-state index contributed by atoms with van der Waals surface area (Å²) in [5.74, 6) is -0.0278. The van der Waals surface area contributed by atoms with Crippen LogP contribution < -0.4 is 19.1 Å². The fraction of sp³-hybridized carbons (Fsp3) is 0.409. The smallest absolute Gasteiger partial charge is 0.303 e. The molecule has 3 rings (SSSR count). The lowest BCUT2D eigenvalue weighted by molar-refractivity contribution is -0.126. The lowest BCUT2D eigenvalue weighted by atomic mass is 9.98. The Labute approximate surface area is 188 Å². The second kappa shape index (κ2) is 10.2. The average Bonchev–Trinajstić information content (AvgIpc) is 2.82. The second-order valence-electron chi connectivity index (χ2n) is 7.52. The van der Waals surface area contributed by atoms with Gasteiger partial charge in [-0.2, -0.15) is 12.7 Å². The van der Waals surface area contributed by atoms with E-state index in [1.807, 2.05) is 12.1 Å². The quantitative estimate of drug-likeness (QED) is 0.647. The van der Waals surface area contributed by atoms with E-state index < -0.39 is 21.9 Å². The molecule has 1 fully saturated rings. The van der Waals surface area contributed by atoms with Gasteiger partial charge in [0.25, 0.3) is 0 Å². The highest BCUT2D eigenvalue weighted by Crippen LogP contribution is 2.31. The van der Waals surface area contributed by atoms with E-state index in [2.05, 4.69) is 5.32 Å². The minimum absolute atomic E-state index is 0.0783. The maximum atomic E-state index is 13.2. The maximum absolute atomic E-state index is 13.2. The van der Waals surface area contributed by atoms with Crippen LogP contribution in [-0.2, 0) is 21.5 Å². The molecule has 1 N–H and O–H groups in total. The molecule has 1 saturated heterocycles. The normalized spacial score (nSPS) is 16.9. The molecule has 1 unspecified atom stereocenters. The van der Waals surface area contributed by atoms with Crippen LogP contribution in [0.2, 0.25) is 0 Å². The third kappa shape index (κ3) is 5.13. The molecule has 2 aromatic carbocycles. The van der Waals surface area contributed by atoms with Gasteiger partial charge in [-0.3, -0.25) is 9.10 Å². The monoisotopic (exact) mass is 465 g/mol. The lowest BCUT2D eigenvalue weighted by Crippen LogP contribution is -2.49. The van der Waals surface area contributed by atoms with Crippen LogP contribution in [0.5, 0.6) is 11.5 Å². The molecule has 0 spiro atoms. The number of piperidine rings is 1. The van der Waals surface area contributed by atoms with Gasteiger partial charge in [-0.1, -0.05) is 12.1 Å². The molecule has 2 aromatic rings. The van der Waals surface area contributed by atoms with Crippen LogP contribution in [0.3, 0.4) is 0 Å². The van der Waals surface area contributed by atoms with E-state index >= 15 is 0 Å². The number of carbonyl (C=O) groups is 1. The molecule has 0 bridgehead atoms. The van der Waals surface area contributed by atoms with Crippen LogP contribution in [0.4, 0.5) is 10.1 Å². The number of hydrogen-bond donors (Lipinski definition) is 1. The van der Waals surface area contributed by atoms with Crippen molar-refractivity contribution in [2.24, 2.45) is 5.92 Å². The zero-order chi connectivity index (χ0) is 23.3. The van der Waals surface area contributed by atoms with Crippen molar-refractivity contribution in [2.75, 3.05) is 38.7 Å². The number of nitrogens with one attached hydrogen (secondary N) is 1. The van der Waals surface area contributed by atoms with Crippen molar-refractivity contribution < 1.29 is 27.1 Å². The number of anilines is 1. The summed E-state index contributed by atoms with van der Waals surface area (Å²) in [5.41, 5.74) is 1.11. The lowest BCUT2D eigenvalue weighted by Gasteiger charge is -2.34. The summed E-state index contributed by atoms with van der Waals surface area (Å²) in [6, 6.07) is 10.6. The molecule has 174 valence electrons. The first-order valence-electron chi connectivity index (χ1n) is 10.2. The molecule has 10 heteroatoms. The number of amides is 1. The Bertz CT molecular complexity index is 1050. The third-order valence-corrected chi connectivity index (χ3v) is 7.44. The number of ether oxygens (including phenoxy) is 2. The molecule has 0 aromatic heterocycles. The molecule has 0 saturated carbocycles. The summed E-state index contributed by atoms with van der Waals surface area (Å²) in [6.45, 7) is 0.633. The average molecular weight is 466 g/mol. The zero-order valence-electron chi connectivity index (χ0n) is 18.4. The van der Waals surface area contributed by atoms with Crippen molar-refractivity contribution in [1.82, 2.24) is 9.62 Å². The predicted octanol–water partition coefficient (Wildman–Crippen LogP) is 2.55. The van der Waals surface area contributed by atoms with E-state index in [4.69, 9.17) is 9.47 Å². The van der Waals surface area contributed by atoms with Gasteiger partial charge in [0.1, 0.15) is 5.82 Å². The summed E-state index contributed by atoms with van der Waals surface area (Å²) >= 11 is 0. The van der Waals surface area contributed by atoms with Gasteiger partial charge in [-0.15, -0.1) is 0 Å². The van der Waals surface area contributed by atoms with Crippen LogP contribution in [0.1, 0.15) is 18.4 Å². The highest BCUT2D eigenvalue weighted by atomic mass is 32.2. The van der Waals surface area contributed by atoms with E-state index in [0.717, 1.165) is 9.87 Å². The van der Waals surface area contributed by atoms with Crippen molar-refractivity contribution in [2.45, 2.75) is 19.4 Å². The van der Waals surface area contributed by atoms with Gasteiger partial charge >= 0.3 is 10.2 Å². The molecular formula is C22H28FN3O5S. The maximum Gasteiger partial charge on any atom is 0.303 e. The highest BCUT2D eigenvalue weighted by Gasteiger charge is 2.34. The van der Waals surface area contributed by atoms with E-state index in [-0.39, 0.29) is 19.0 Å². The number of nitrogens with zero attached hydrogens (tertiary/aromatic N) is 2. The van der Waals surface area contributed by atoms with Crippen molar-refractivity contribution in [3.63, 3.8) is 0 Å². The molecule has 32 heavy (non-hydrogen) atoms. The first kappa shape index (κ1) is 23.8. The number of rotatable bonds is 8. The molecule has 1 atom stereocenters. The molecule has 1 aliphatic heterocycles. The van der Waals surface area contributed by atoms with E-state index in [9.17, 15) is 17.6 Å². The molecule has 1 heterocycles. The Kier molecular flexibility index (Phi) is 7.57. The van der Waals surface area contributed by atoms with Gasteiger partial charge < -0.3 is 14.8 Å². The summed E-state index contributed by atoms with van der Waals surface area (Å²) in [7, 11) is 0.639. The Morgan fingerprint density at radius 2 is 1.91 bits per heavy atom. The van der Waals surface area contributed by atoms with Crippen LogP contribution in [0.25, 0.3) is 0 Å². The first-order valence-corrected chi connectivity index (χ1v) is 11.6. The number of carbonyl (C=O) groups excluding carboxylic acids is 1. The Hall–Kier alpha value is -2.85. The third-order valence-electron chi connectivity index (χ3n) is 5.56. The number of para-hydroxylation sites is 1. The summed E-state index contributed by atoms with van der Waals surface area (Å²) in [5, 5.41) is 2.88. The fourth-order valence-corrected chi connectivity index (χ4v) is 5.21. The van der Waals surface area contributed by atoms with Crippen molar-refractivity contribution in [3.8, 4) is 11.5 Å². The number of benzene rings is 2. The SMILES string of the molecule is COc1cccc(CNC(=O)C2CCCN(S(=O)(=O)N(C)c3ccc(F)cc3)C2)c1OC. The molecule has 0 aliphatic carbocycles. The van der Waals surface area contributed by atoms with Crippen molar-refractivity contribution >= 4 is 21.8 Å². The van der Waals surface area contributed by atoms with Gasteiger partial charge in [0.15, 0.2) is 11.5 Å². The van der Waals surface area contributed by atoms with E-state index in [1.165, 1.54) is 42.7 Å². The van der Waals surface area contributed by atoms with E-state index in [0.29, 0.717) is 36.6 Å². The van der Waals surface area contributed by atoms with Gasteiger partial charge in [0.2, 0.25) is 5.91 Å². The molecule has 0 radical (unpaired) electrons. The van der Waals surface area contributed by atoms with Gasteiger partial charge in [-0.05, 0) is 43.2 Å². The van der Waals surface area contributed by atoms with Gasteiger partial charge in [-0.25, -0.2) is 4.39 Å². The first-order chi connectivity index (χ1) is 15.3. The number of hydrogen-bond acceptors (Lipinski definition) is 5. The Morgan fingerprint density at radius 3 is 2.56 bits per heavy atom. The Balaban J connectivity index is 1.66. The van der Waals surface area contributed by atoms with Crippen molar-refractivity contribution in [3.05, 3.63) is 53.8 Å². The van der Waals surface area contributed by atoms with Gasteiger partial charge in [0, 0.05) is 32.2 Å². The van der Waals surface area contributed by atoms with Crippen LogP contribution in [0.15, 0.2) is 42.5 Å². The summed E-state index contributed by atoms with van der Waals surface area (Å²) in [6.07, 6.45) is 1.16. The second-order valence-corrected chi connectivity index (χ2v) is 9.48. The molecule has 8 nitrogen and oxygen atoms in total. The summed E-state index contributed by atoms with van der Waals surface area (Å²) < 4.78 is 52.4. The minimum atomic E-state index is -3.85. The minimum Gasteiger partial charge on any atom is -0.493 e. The fourth-order valence-electron chi connectivity index (χ4n) is 3.74. The molecule has 1 amide bonds. The summed E-state index contributed by atoms with van der Waals surface area (Å²) in [4.78, 5) is 12.8. The van der Waals surface area contributed by atoms with Gasteiger partial charge in [0.05, 0.1) is 25.8 Å². The zero-order valence-corrected chi connectivity index (χ0v) is 19.2. The Morgan fingerprint density at radius 1 is 1.19 bits per heavy atom. The largest absolute Gasteiger partial charge is 0.493 e. The predicted molar refractivity (Wildman–Crippen MR) is 119 cm³/mol. The topological polar surface area (TPSA) is 88.2 Å². The highest BCUT2D eigenvalue weighted by molar-refractivity contribution is 7.90. The molecular weight excluding hydrogens is 437 g/mol. The molecule has 1 aliphatic rings. The standard InChI is InChI=1S/C22H28FN3O5S/c1-25(19-11-9-18(23)10-12-19)32(28,29)26-13-5-7-17(15-26)22(27)24-14-16-6-4-8-20(30-2)21(16)31-3/h4,6,8-12,17H,5,7,13-15H2,1-3H3,(H,24,27). The van der Waals surface area contributed by atoms with Crippen LogP contribution in [-0.4, -0.2) is 53.0 Å². The number of halogens is 1. The van der Waals surface area contributed by atoms with E-state index in [1.54, 1.807) is 13.2 Å². The van der Waals surface area contributed by atoms with Crippen molar-refractivity contribution in [1.29, 1.82) is 0 Å².